The van der Waals surface area contributed by atoms with Crippen LogP contribution in [0, 0.1) is 0 Å². The largest absolute Gasteiger partial charge is 0.298 e. The Morgan fingerprint density at radius 1 is 0.543 bits per heavy atom. The Morgan fingerprint density at radius 2 is 0.800 bits per heavy atom. The van der Waals surface area contributed by atoms with Crippen molar-refractivity contribution < 1.29 is 21.9 Å². The van der Waals surface area contributed by atoms with Gasteiger partial charge in [-0.05, 0) is 11.1 Å². The summed E-state index contributed by atoms with van der Waals surface area (Å²) in [5, 5.41) is 0. The third kappa shape index (κ3) is 4.92. The quantitative estimate of drug-likeness (QED) is 0.233. The first-order chi connectivity index (χ1) is 17.6. The summed E-state index contributed by atoms with van der Waals surface area (Å²) in [4.78, 5) is 48.0. The smallest absolute Gasteiger partial charge is 0.193 e. The van der Waals surface area contributed by atoms with Gasteiger partial charge < -0.3 is 0 Å². The van der Waals surface area contributed by atoms with Crippen molar-refractivity contribution in [2.45, 2.75) is 19.3 Å². The van der Waals surface area contributed by atoms with Gasteiger partial charge in [0.25, 0.3) is 0 Å². The molecule has 0 fully saturated rings. The molecule has 0 N–H and O–H groups in total. The minimum Gasteiger partial charge on any atom is -0.298 e. The molecular weight excluding hydrogens is 436 g/mol. The summed E-state index contributed by atoms with van der Waals surface area (Å²) in [5.41, 5.74) is 3.99. The summed E-state index contributed by atoms with van der Waals surface area (Å²) in [6.45, 7) is 4.13. The number of carbonyl (C=O) groups excluding carboxylic acids is 4. The topological polar surface area (TPSA) is 68.3 Å². The van der Waals surface area contributed by atoms with Crippen molar-refractivity contribution in [1.82, 2.24) is 0 Å². The van der Waals surface area contributed by atoms with Gasteiger partial charge in [-0.2, -0.15) is 0 Å². The second-order valence-electron chi connectivity index (χ2n) is 8.80. The van der Waals surface area contributed by atoms with Gasteiger partial charge >= 0.3 is 0 Å². The highest BCUT2D eigenvalue weighted by molar-refractivity contribution is 6.09. The summed E-state index contributed by atoms with van der Waals surface area (Å²) in [7, 11) is 0. The molecule has 0 radical (unpaired) electrons. The Hall–Kier alpha value is -4.44. The molecule has 4 aromatic carbocycles. The summed E-state index contributed by atoms with van der Waals surface area (Å²) >= 11 is 0. The first kappa shape index (κ1) is 21.1. The second-order valence-corrected chi connectivity index (χ2v) is 8.80. The lowest BCUT2D eigenvalue weighted by Crippen LogP contribution is -2.19. The van der Waals surface area contributed by atoms with Crippen molar-refractivity contribution in [3.63, 3.8) is 0 Å². The molecule has 4 heteroatoms. The van der Waals surface area contributed by atoms with Crippen molar-refractivity contribution in [3.05, 3.63) is 142 Å². The highest BCUT2D eigenvalue weighted by Gasteiger charge is 2.24. The monoisotopic (exact) mass is 464 g/mol. The van der Waals surface area contributed by atoms with Crippen LogP contribution in [0.1, 0.15) is 80.3 Å². The van der Waals surface area contributed by atoms with E-state index in [0.29, 0.717) is 22.3 Å². The van der Waals surface area contributed by atoms with E-state index in [1.54, 1.807) is 48.5 Å². The van der Waals surface area contributed by atoms with Gasteiger partial charge in [0.1, 0.15) is 15.3 Å². The van der Waals surface area contributed by atoms with Crippen LogP contribution in [0.25, 0.3) is 0 Å². The van der Waals surface area contributed by atoms with Crippen LogP contribution >= 0.6 is 0 Å². The number of aldehydes is 2. The number of rotatable bonds is 8. The minimum atomic E-state index is -0.792. The zero-order chi connectivity index (χ0) is 26.7. The lowest BCUT2D eigenvalue weighted by Gasteiger charge is -2.26. The predicted octanol–water partition coefficient (Wildman–Crippen LogP) is 6.10. The summed E-state index contributed by atoms with van der Waals surface area (Å²) in [5.74, 6) is -0.340. The molecule has 0 bridgehead atoms. The normalized spacial score (nSPS) is 11.8. The molecular formula is C31H24O4. The number of ketones is 2. The van der Waals surface area contributed by atoms with Crippen LogP contribution in [-0.2, 0) is 5.41 Å². The molecule has 4 aromatic rings. The zero-order valence-electron chi connectivity index (χ0n) is 21.4. The van der Waals surface area contributed by atoms with Crippen LogP contribution in [0.5, 0.6) is 0 Å². The highest BCUT2D eigenvalue weighted by Crippen LogP contribution is 2.32. The molecule has 0 spiro atoms. The van der Waals surface area contributed by atoms with Gasteiger partial charge in [-0.15, -0.1) is 0 Å². The fraction of sp³-hybridized carbons (Fsp3) is 0.0968. The molecule has 4 rings (SSSR count). The second kappa shape index (κ2) is 9.82. The van der Waals surface area contributed by atoms with E-state index in [0.717, 1.165) is 11.1 Å². The van der Waals surface area contributed by atoms with E-state index in [1.165, 1.54) is 24.3 Å². The van der Waals surface area contributed by atoms with Gasteiger partial charge in [0.2, 0.25) is 0 Å². The summed E-state index contributed by atoms with van der Waals surface area (Å²) < 4.78 is 14.3. The SMILES string of the molecule is [3H]C(=O)c1ccc(C(=O)c2ccc(C(C)(C)c3ccc(C(=O)c4ccc(C([3H])=O)cc4)cc3)cc2)cc1. The average Bonchev–Trinajstić information content (AvgIpc) is 2.92. The predicted molar refractivity (Wildman–Crippen MR) is 136 cm³/mol. The van der Waals surface area contributed by atoms with E-state index >= 15 is 0 Å². The van der Waals surface area contributed by atoms with Crippen LogP contribution in [0.3, 0.4) is 0 Å². The van der Waals surface area contributed by atoms with Gasteiger partial charge in [-0.3, -0.25) is 19.2 Å². The van der Waals surface area contributed by atoms with Crippen LogP contribution < -0.4 is 0 Å². The number of benzene rings is 4. The molecule has 0 saturated heterocycles. The molecule has 0 aliphatic rings. The van der Waals surface area contributed by atoms with Gasteiger partial charge in [0.15, 0.2) is 11.6 Å². The van der Waals surface area contributed by atoms with Crippen molar-refractivity contribution >= 4 is 24.1 Å². The molecule has 0 amide bonds. The molecule has 0 aromatic heterocycles. The van der Waals surface area contributed by atoms with Gasteiger partial charge in [0.05, 0.1) is 0 Å². The Morgan fingerprint density at radius 3 is 1.06 bits per heavy atom. The molecule has 172 valence electrons. The maximum absolute atomic E-state index is 12.8. The van der Waals surface area contributed by atoms with Crippen molar-refractivity contribution in [1.29, 1.82) is 0 Å². The average molecular weight is 465 g/mol. The van der Waals surface area contributed by atoms with Gasteiger partial charge in [-0.1, -0.05) is 111 Å². The van der Waals surface area contributed by atoms with Crippen molar-refractivity contribution in [3.8, 4) is 0 Å². The van der Waals surface area contributed by atoms with E-state index in [-0.39, 0.29) is 22.7 Å². The standard InChI is InChI=1S/C31H24O4/c1-31(2,27-15-11-25(12-16-27)29(34)23-7-3-21(19-32)4-8-23)28-17-13-26(14-18-28)30(35)24-9-5-22(20-33)6-10-24/h3-20H,1-2H3/i19T,20T. The number of hydrogen-bond acceptors (Lipinski definition) is 4. The lowest BCUT2D eigenvalue weighted by atomic mass is 9.77. The number of carbonyl (C=O) groups is 4. The van der Waals surface area contributed by atoms with Crippen molar-refractivity contribution in [2.24, 2.45) is 0 Å². The first-order valence-electron chi connectivity index (χ1n) is 12.1. The first-order valence-corrected chi connectivity index (χ1v) is 11.1. The fourth-order valence-electron chi connectivity index (χ4n) is 3.96. The molecule has 0 aliphatic carbocycles. The Balaban J connectivity index is 1.51. The lowest BCUT2D eigenvalue weighted by molar-refractivity contribution is 0.103. The Labute approximate surface area is 207 Å². The molecule has 0 unspecified atom stereocenters. The molecule has 0 atom stereocenters. The Kier molecular flexibility index (Phi) is 5.92. The Bertz CT molecular complexity index is 1370. The maximum atomic E-state index is 12.8. The minimum absolute atomic E-state index is 0.170. The van der Waals surface area contributed by atoms with E-state index < -0.39 is 17.9 Å². The molecule has 35 heavy (non-hydrogen) atoms. The van der Waals surface area contributed by atoms with Gasteiger partial charge in [0, 0.05) is 38.8 Å². The molecule has 0 saturated carbocycles. The third-order valence-corrected chi connectivity index (χ3v) is 6.27. The van der Waals surface area contributed by atoms with Crippen LogP contribution in [-0.4, -0.2) is 24.1 Å². The van der Waals surface area contributed by atoms with Crippen LogP contribution in [0.15, 0.2) is 97.1 Å². The van der Waals surface area contributed by atoms with Crippen molar-refractivity contribution in [2.75, 3.05) is 0 Å². The maximum Gasteiger partial charge on any atom is 0.193 e. The molecule has 4 nitrogen and oxygen atoms in total. The third-order valence-electron chi connectivity index (χ3n) is 6.27. The summed E-state index contributed by atoms with van der Waals surface area (Å²) in [6, 6.07) is 26.8. The van der Waals surface area contributed by atoms with E-state index in [1.807, 2.05) is 24.3 Å². The van der Waals surface area contributed by atoms with E-state index in [2.05, 4.69) is 13.8 Å². The van der Waals surface area contributed by atoms with Gasteiger partial charge in [-0.25, -0.2) is 0 Å². The zero-order valence-corrected chi connectivity index (χ0v) is 19.4. The highest BCUT2D eigenvalue weighted by atomic mass is 16.1. The van der Waals surface area contributed by atoms with Crippen LogP contribution in [0.4, 0.5) is 0 Å². The fourth-order valence-corrected chi connectivity index (χ4v) is 3.96. The molecule has 0 heterocycles. The van der Waals surface area contributed by atoms with E-state index in [4.69, 9.17) is 2.74 Å². The number of hydrogen-bond donors (Lipinski definition) is 0. The van der Waals surface area contributed by atoms with E-state index in [9.17, 15) is 19.2 Å². The summed E-state index contributed by atoms with van der Waals surface area (Å²) in [6.07, 6.45) is -1.58. The van der Waals surface area contributed by atoms with Crippen LogP contribution in [0.2, 0.25) is 0 Å². The molecule has 0 aliphatic heterocycles.